The summed E-state index contributed by atoms with van der Waals surface area (Å²) in [7, 11) is 0. The molecule has 0 heterocycles. The highest BCUT2D eigenvalue weighted by Gasteiger charge is 1.98. The van der Waals surface area contributed by atoms with Gasteiger partial charge in [-0.15, -0.1) is 4.91 Å². The van der Waals surface area contributed by atoms with Gasteiger partial charge in [0.05, 0.1) is 11.4 Å². The lowest BCUT2D eigenvalue weighted by atomic mass is 10.3. The van der Waals surface area contributed by atoms with E-state index < -0.39 is 0 Å². The molecule has 0 saturated heterocycles. The molecule has 0 radical (unpaired) electrons. The summed E-state index contributed by atoms with van der Waals surface area (Å²) in [5.74, 6) is 0. The molecule has 0 bridgehead atoms. The maximum absolute atomic E-state index is 9.93. The molecule has 0 rings (SSSR count). The van der Waals surface area contributed by atoms with E-state index in [4.69, 9.17) is 5.26 Å². The number of hydrogen-bond donors (Lipinski definition) is 0. The van der Waals surface area contributed by atoms with Crippen molar-refractivity contribution in [1.29, 1.82) is 5.26 Å². The van der Waals surface area contributed by atoms with Gasteiger partial charge in [-0.05, 0) is 6.42 Å². The summed E-state index contributed by atoms with van der Waals surface area (Å²) in [5, 5.41) is 12.1. The Kier molecular flexibility index (Phi) is 5.35. The number of hydrogen-bond acceptors (Lipinski definition) is 3. The summed E-state index contributed by atoms with van der Waals surface area (Å²) in [6.07, 6.45) is 1.92. The van der Waals surface area contributed by atoms with E-state index in [0.717, 1.165) is 12.8 Å². The Bertz CT molecular complexity index is 129. The van der Waals surface area contributed by atoms with E-state index in [0.29, 0.717) is 6.54 Å². The van der Waals surface area contributed by atoms with Crippen LogP contribution in [0.25, 0.3) is 0 Å². The molecule has 10 heavy (non-hydrogen) atoms. The average Bonchev–Trinajstić information content (AvgIpc) is 1.98. The first-order valence-corrected chi connectivity index (χ1v) is 3.30. The van der Waals surface area contributed by atoms with Crippen LogP contribution in [-0.2, 0) is 0 Å². The second kappa shape index (κ2) is 6.02. The van der Waals surface area contributed by atoms with Crippen molar-refractivity contribution in [3.8, 4) is 6.07 Å². The van der Waals surface area contributed by atoms with Crippen LogP contribution in [0.1, 0.15) is 19.8 Å². The molecule has 0 spiro atoms. The largest absolute Gasteiger partial charge is 0.247 e. The third kappa shape index (κ3) is 3.84. The van der Waals surface area contributed by atoms with Crippen molar-refractivity contribution in [2.24, 2.45) is 5.29 Å². The first kappa shape index (κ1) is 8.89. The molecule has 0 amide bonds. The quantitative estimate of drug-likeness (QED) is 0.329. The van der Waals surface area contributed by atoms with Gasteiger partial charge in [0.2, 0.25) is 0 Å². The Morgan fingerprint density at radius 3 is 2.80 bits per heavy atom. The molecule has 0 N–H and O–H groups in total. The van der Waals surface area contributed by atoms with Crippen molar-refractivity contribution >= 4 is 0 Å². The number of rotatable bonds is 5. The molecule has 0 fully saturated rings. The summed E-state index contributed by atoms with van der Waals surface area (Å²) < 4.78 is 0. The molecule has 0 aliphatic heterocycles. The molecular weight excluding hydrogens is 130 g/mol. The number of nitroso groups, excluding NO2 is 1. The molecule has 0 aromatic heterocycles. The summed E-state index contributed by atoms with van der Waals surface area (Å²) in [6.45, 7) is 2.71. The second-order valence-corrected chi connectivity index (χ2v) is 1.98. The molecule has 0 aliphatic carbocycles. The minimum Gasteiger partial charge on any atom is -0.247 e. The van der Waals surface area contributed by atoms with Gasteiger partial charge in [0.15, 0.2) is 0 Å². The lowest BCUT2D eigenvalue weighted by Gasteiger charge is -2.08. The molecule has 4 nitrogen and oxygen atoms in total. The first-order chi connectivity index (χ1) is 4.85. The van der Waals surface area contributed by atoms with E-state index in [1.165, 1.54) is 5.01 Å². The third-order valence-electron chi connectivity index (χ3n) is 1.14. The predicted octanol–water partition coefficient (Wildman–Crippen LogP) is 1.29. The fourth-order valence-corrected chi connectivity index (χ4v) is 0.571. The minimum atomic E-state index is 0.101. The Morgan fingerprint density at radius 1 is 1.70 bits per heavy atom. The van der Waals surface area contributed by atoms with Gasteiger partial charge < -0.3 is 0 Å². The molecule has 0 atom stereocenters. The van der Waals surface area contributed by atoms with Gasteiger partial charge in [0.1, 0.15) is 6.54 Å². The summed E-state index contributed by atoms with van der Waals surface area (Å²) in [4.78, 5) is 9.93. The zero-order valence-corrected chi connectivity index (χ0v) is 6.08. The molecule has 0 aliphatic rings. The number of unbranched alkanes of at least 4 members (excludes halogenated alkanes) is 1. The first-order valence-electron chi connectivity index (χ1n) is 3.30. The van der Waals surface area contributed by atoms with Crippen LogP contribution in [0.15, 0.2) is 5.29 Å². The van der Waals surface area contributed by atoms with E-state index in [2.05, 4.69) is 5.29 Å². The van der Waals surface area contributed by atoms with Crippen LogP contribution in [-0.4, -0.2) is 18.1 Å². The maximum Gasteiger partial charge on any atom is 0.126 e. The van der Waals surface area contributed by atoms with Gasteiger partial charge in [-0.2, -0.15) is 5.26 Å². The van der Waals surface area contributed by atoms with Crippen LogP contribution in [0.4, 0.5) is 0 Å². The molecule has 0 unspecified atom stereocenters. The van der Waals surface area contributed by atoms with Crippen LogP contribution in [0, 0.1) is 16.2 Å². The second-order valence-electron chi connectivity index (χ2n) is 1.98. The van der Waals surface area contributed by atoms with Gasteiger partial charge in [-0.3, -0.25) is 0 Å². The molecule has 0 saturated carbocycles. The van der Waals surface area contributed by atoms with Gasteiger partial charge >= 0.3 is 0 Å². The Balaban J connectivity index is 3.41. The lowest BCUT2D eigenvalue weighted by Crippen LogP contribution is -2.17. The normalized spacial score (nSPS) is 8.40. The van der Waals surface area contributed by atoms with Gasteiger partial charge in [0, 0.05) is 6.54 Å². The summed E-state index contributed by atoms with van der Waals surface area (Å²) in [6, 6.07) is 1.86. The molecular formula is C6H11N3O. The monoisotopic (exact) mass is 141 g/mol. The van der Waals surface area contributed by atoms with Crippen LogP contribution >= 0.6 is 0 Å². The van der Waals surface area contributed by atoms with Crippen molar-refractivity contribution in [2.75, 3.05) is 13.1 Å². The van der Waals surface area contributed by atoms with E-state index in [1.54, 1.807) is 0 Å². The van der Waals surface area contributed by atoms with Crippen molar-refractivity contribution in [3.05, 3.63) is 4.91 Å². The van der Waals surface area contributed by atoms with Crippen LogP contribution in [0.5, 0.6) is 0 Å². The van der Waals surface area contributed by atoms with Gasteiger partial charge in [-0.1, -0.05) is 13.3 Å². The molecule has 56 valence electrons. The van der Waals surface area contributed by atoms with Crippen molar-refractivity contribution in [3.63, 3.8) is 0 Å². The highest BCUT2D eigenvalue weighted by atomic mass is 16.3. The standard InChI is InChI=1S/C6H11N3O/c1-2-3-5-9(8-10)6-4-7/h2-3,5-6H2,1H3. The molecule has 0 aromatic rings. The number of nitrogens with zero attached hydrogens (tertiary/aromatic N) is 3. The smallest absolute Gasteiger partial charge is 0.126 e. The third-order valence-corrected chi connectivity index (χ3v) is 1.14. The zero-order chi connectivity index (χ0) is 7.82. The fraction of sp³-hybridized carbons (Fsp3) is 0.833. The summed E-state index contributed by atoms with van der Waals surface area (Å²) in [5.41, 5.74) is 0. The highest BCUT2D eigenvalue weighted by molar-refractivity contribution is 4.73. The fourth-order valence-electron chi connectivity index (χ4n) is 0.571. The van der Waals surface area contributed by atoms with E-state index in [-0.39, 0.29) is 6.54 Å². The topological polar surface area (TPSA) is 56.5 Å². The Hall–Kier alpha value is -1.11. The molecule has 4 heteroatoms. The van der Waals surface area contributed by atoms with E-state index in [9.17, 15) is 4.91 Å². The maximum atomic E-state index is 9.93. The number of nitriles is 1. The van der Waals surface area contributed by atoms with Crippen molar-refractivity contribution in [1.82, 2.24) is 5.01 Å². The molecule has 0 aromatic carbocycles. The van der Waals surface area contributed by atoms with Crippen LogP contribution in [0.3, 0.4) is 0 Å². The van der Waals surface area contributed by atoms with E-state index in [1.807, 2.05) is 13.0 Å². The lowest BCUT2D eigenvalue weighted by molar-refractivity contribution is 0.312. The van der Waals surface area contributed by atoms with Crippen molar-refractivity contribution in [2.45, 2.75) is 19.8 Å². The highest BCUT2D eigenvalue weighted by Crippen LogP contribution is 1.93. The van der Waals surface area contributed by atoms with Crippen molar-refractivity contribution < 1.29 is 0 Å². The van der Waals surface area contributed by atoms with Gasteiger partial charge in [0.25, 0.3) is 0 Å². The van der Waals surface area contributed by atoms with Crippen LogP contribution in [0.2, 0.25) is 0 Å². The average molecular weight is 141 g/mol. The van der Waals surface area contributed by atoms with Crippen LogP contribution < -0.4 is 0 Å². The zero-order valence-electron chi connectivity index (χ0n) is 6.08. The summed E-state index contributed by atoms with van der Waals surface area (Å²) >= 11 is 0. The minimum absolute atomic E-state index is 0.101. The van der Waals surface area contributed by atoms with Gasteiger partial charge in [-0.25, -0.2) is 5.01 Å². The Morgan fingerprint density at radius 2 is 2.40 bits per heavy atom. The predicted molar refractivity (Wildman–Crippen MR) is 37.9 cm³/mol. The Labute approximate surface area is 60.4 Å². The van der Waals surface area contributed by atoms with E-state index >= 15 is 0 Å². The SMILES string of the molecule is CCCCN(CC#N)N=O.